The maximum absolute atomic E-state index is 10.9. The van der Waals surface area contributed by atoms with Crippen molar-refractivity contribution in [1.82, 2.24) is 0 Å². The molecule has 82 valence electrons. The molecule has 0 saturated heterocycles. The van der Waals surface area contributed by atoms with Crippen LogP contribution in [0.3, 0.4) is 0 Å². The molecule has 2 rings (SSSR count). The average molecular weight is 234 g/mol. The van der Waals surface area contributed by atoms with Crippen molar-refractivity contribution in [2.75, 3.05) is 11.1 Å². The van der Waals surface area contributed by atoms with Crippen LogP contribution in [0.15, 0.2) is 35.0 Å². The molecule has 0 aliphatic heterocycles. The van der Waals surface area contributed by atoms with E-state index in [0.29, 0.717) is 17.1 Å². The lowest BCUT2D eigenvalue weighted by atomic mass is 10.2. The molecule has 5 heteroatoms. The van der Waals surface area contributed by atoms with Gasteiger partial charge >= 0.3 is 5.97 Å². The second-order valence-corrected chi connectivity index (χ2v) is 3.96. The summed E-state index contributed by atoms with van der Waals surface area (Å²) in [5.41, 5.74) is 7.88. The number of benzene rings is 1. The molecule has 0 spiro atoms. The van der Waals surface area contributed by atoms with E-state index in [2.05, 4.69) is 5.32 Å². The van der Waals surface area contributed by atoms with Crippen molar-refractivity contribution in [3.63, 3.8) is 0 Å². The van der Waals surface area contributed by atoms with Gasteiger partial charge in [0.2, 0.25) is 0 Å². The van der Waals surface area contributed by atoms with E-state index in [1.165, 1.54) is 11.3 Å². The van der Waals surface area contributed by atoms with E-state index < -0.39 is 5.97 Å². The molecule has 16 heavy (non-hydrogen) atoms. The van der Waals surface area contributed by atoms with Crippen LogP contribution in [0.2, 0.25) is 0 Å². The average Bonchev–Trinajstić information content (AvgIpc) is 2.69. The Hall–Kier alpha value is -2.01. The number of para-hydroxylation sites is 2. The van der Waals surface area contributed by atoms with Gasteiger partial charge in [-0.15, -0.1) is 11.3 Å². The van der Waals surface area contributed by atoms with Gasteiger partial charge in [0.15, 0.2) is 0 Å². The second-order valence-electron chi connectivity index (χ2n) is 3.22. The molecule has 0 atom stereocenters. The first-order valence-electron chi connectivity index (χ1n) is 4.59. The number of nitrogens with two attached hydrogens (primary N) is 1. The summed E-state index contributed by atoms with van der Waals surface area (Å²) in [5.74, 6) is -0.946. The van der Waals surface area contributed by atoms with Gasteiger partial charge in [0, 0.05) is 10.8 Å². The van der Waals surface area contributed by atoms with E-state index in [4.69, 9.17) is 10.8 Å². The Morgan fingerprint density at radius 3 is 2.69 bits per heavy atom. The van der Waals surface area contributed by atoms with Gasteiger partial charge in [0.25, 0.3) is 0 Å². The van der Waals surface area contributed by atoms with E-state index in [1.54, 1.807) is 22.9 Å². The first-order chi connectivity index (χ1) is 7.68. The molecule has 2 aromatic rings. The Bertz CT molecular complexity index is 522. The molecule has 0 amide bonds. The number of carboxylic acid groups (broad SMARTS) is 1. The highest BCUT2D eigenvalue weighted by atomic mass is 32.1. The highest BCUT2D eigenvalue weighted by molar-refractivity contribution is 7.08. The molecule has 0 radical (unpaired) electrons. The number of carboxylic acids is 1. The maximum Gasteiger partial charge on any atom is 0.338 e. The summed E-state index contributed by atoms with van der Waals surface area (Å²) in [6.45, 7) is 0. The zero-order valence-electron chi connectivity index (χ0n) is 8.31. The van der Waals surface area contributed by atoms with Crippen molar-refractivity contribution >= 4 is 34.4 Å². The number of hydrogen-bond acceptors (Lipinski definition) is 4. The standard InChI is InChI=1S/C11H10N2O2S/c12-8-3-1-2-4-9(8)13-10-6-16-5-7(10)11(14)15/h1-6,13H,12H2,(H,14,15). The van der Waals surface area contributed by atoms with Gasteiger partial charge in [-0.2, -0.15) is 0 Å². The fourth-order valence-corrected chi connectivity index (χ4v) is 2.07. The minimum absolute atomic E-state index is 0.258. The Kier molecular flexibility index (Phi) is 2.78. The summed E-state index contributed by atoms with van der Waals surface area (Å²) in [6, 6.07) is 7.23. The summed E-state index contributed by atoms with van der Waals surface area (Å²) >= 11 is 1.34. The van der Waals surface area contributed by atoms with E-state index in [9.17, 15) is 4.79 Å². The highest BCUT2D eigenvalue weighted by Gasteiger charge is 2.11. The van der Waals surface area contributed by atoms with Crippen LogP contribution in [0.5, 0.6) is 0 Å². The van der Waals surface area contributed by atoms with Gasteiger partial charge < -0.3 is 16.2 Å². The van der Waals surface area contributed by atoms with Crippen LogP contribution in [-0.4, -0.2) is 11.1 Å². The number of aromatic carboxylic acids is 1. The number of thiophene rings is 1. The fraction of sp³-hybridized carbons (Fsp3) is 0. The SMILES string of the molecule is Nc1ccccc1Nc1cscc1C(=O)O. The molecule has 1 heterocycles. The van der Waals surface area contributed by atoms with Crippen LogP contribution >= 0.6 is 11.3 Å². The molecule has 4 nitrogen and oxygen atoms in total. The highest BCUT2D eigenvalue weighted by Crippen LogP contribution is 2.27. The lowest BCUT2D eigenvalue weighted by Gasteiger charge is -2.08. The summed E-state index contributed by atoms with van der Waals surface area (Å²) in [5, 5.41) is 15.3. The normalized spacial score (nSPS) is 10.0. The van der Waals surface area contributed by atoms with Crippen LogP contribution in [0, 0.1) is 0 Å². The van der Waals surface area contributed by atoms with Crippen LogP contribution < -0.4 is 11.1 Å². The fourth-order valence-electron chi connectivity index (χ4n) is 1.32. The third-order valence-electron chi connectivity index (χ3n) is 2.12. The number of nitrogens with one attached hydrogen (secondary N) is 1. The van der Waals surface area contributed by atoms with E-state index in [-0.39, 0.29) is 5.56 Å². The zero-order chi connectivity index (χ0) is 11.5. The second kappa shape index (κ2) is 4.24. The molecule has 0 aliphatic rings. The van der Waals surface area contributed by atoms with Crippen LogP contribution in [0.4, 0.5) is 17.1 Å². The monoisotopic (exact) mass is 234 g/mol. The number of nitrogen functional groups attached to an aromatic ring is 1. The Balaban J connectivity index is 2.31. The van der Waals surface area contributed by atoms with Crippen LogP contribution in [-0.2, 0) is 0 Å². The summed E-state index contributed by atoms with van der Waals surface area (Å²) in [4.78, 5) is 10.9. The predicted octanol–water partition coefficient (Wildman–Crippen LogP) is 2.77. The molecular weight excluding hydrogens is 224 g/mol. The molecule has 1 aromatic heterocycles. The lowest BCUT2D eigenvalue weighted by Crippen LogP contribution is -2.01. The van der Waals surface area contributed by atoms with Gasteiger partial charge in [0.1, 0.15) is 0 Å². The Morgan fingerprint density at radius 2 is 2.00 bits per heavy atom. The Morgan fingerprint density at radius 1 is 1.25 bits per heavy atom. The molecule has 0 bridgehead atoms. The smallest absolute Gasteiger partial charge is 0.338 e. The van der Waals surface area contributed by atoms with Gasteiger partial charge in [-0.05, 0) is 12.1 Å². The molecule has 4 N–H and O–H groups in total. The molecule has 1 aromatic carbocycles. The maximum atomic E-state index is 10.9. The predicted molar refractivity (Wildman–Crippen MR) is 65.4 cm³/mol. The molecular formula is C11H10N2O2S. The van der Waals surface area contributed by atoms with E-state index in [0.717, 1.165) is 0 Å². The third kappa shape index (κ3) is 1.99. The first-order valence-corrected chi connectivity index (χ1v) is 5.54. The number of rotatable bonds is 3. The largest absolute Gasteiger partial charge is 0.478 e. The molecule has 0 aliphatic carbocycles. The first kappa shape index (κ1) is 10.5. The van der Waals surface area contributed by atoms with Crippen molar-refractivity contribution in [1.29, 1.82) is 0 Å². The van der Waals surface area contributed by atoms with E-state index >= 15 is 0 Å². The topological polar surface area (TPSA) is 75.3 Å². The minimum Gasteiger partial charge on any atom is -0.478 e. The van der Waals surface area contributed by atoms with Crippen LogP contribution in [0.1, 0.15) is 10.4 Å². The minimum atomic E-state index is -0.946. The zero-order valence-corrected chi connectivity index (χ0v) is 9.12. The van der Waals surface area contributed by atoms with E-state index in [1.807, 2.05) is 12.1 Å². The number of hydrogen-bond donors (Lipinski definition) is 3. The van der Waals surface area contributed by atoms with Crippen LogP contribution in [0.25, 0.3) is 0 Å². The Labute approximate surface area is 96.3 Å². The third-order valence-corrected chi connectivity index (χ3v) is 2.87. The molecule has 0 saturated carbocycles. The molecule has 0 fully saturated rings. The number of anilines is 3. The van der Waals surface area contributed by atoms with Gasteiger partial charge in [-0.1, -0.05) is 12.1 Å². The van der Waals surface area contributed by atoms with Crippen molar-refractivity contribution in [2.45, 2.75) is 0 Å². The van der Waals surface area contributed by atoms with Crippen molar-refractivity contribution in [3.8, 4) is 0 Å². The van der Waals surface area contributed by atoms with Crippen molar-refractivity contribution < 1.29 is 9.90 Å². The number of carbonyl (C=O) groups is 1. The van der Waals surface area contributed by atoms with Gasteiger partial charge in [-0.3, -0.25) is 0 Å². The van der Waals surface area contributed by atoms with Gasteiger partial charge in [0.05, 0.1) is 22.6 Å². The molecule has 0 unspecified atom stereocenters. The summed E-state index contributed by atoms with van der Waals surface area (Å²) in [6.07, 6.45) is 0. The summed E-state index contributed by atoms with van der Waals surface area (Å²) in [7, 11) is 0. The summed E-state index contributed by atoms with van der Waals surface area (Å²) < 4.78 is 0. The van der Waals surface area contributed by atoms with Gasteiger partial charge in [-0.25, -0.2) is 4.79 Å². The van der Waals surface area contributed by atoms with Crippen molar-refractivity contribution in [2.24, 2.45) is 0 Å². The quantitative estimate of drug-likeness (QED) is 0.714. The van der Waals surface area contributed by atoms with Crippen molar-refractivity contribution in [3.05, 3.63) is 40.6 Å². The lowest BCUT2D eigenvalue weighted by molar-refractivity contribution is 0.0698.